The zero-order valence-corrected chi connectivity index (χ0v) is 12.2. The van der Waals surface area contributed by atoms with E-state index in [2.05, 4.69) is 17.2 Å². The van der Waals surface area contributed by atoms with Crippen molar-refractivity contribution in [2.75, 3.05) is 6.54 Å². The van der Waals surface area contributed by atoms with Crippen LogP contribution in [0.1, 0.15) is 30.6 Å². The highest BCUT2D eigenvalue weighted by molar-refractivity contribution is 6.30. The number of hydrogen-bond donors (Lipinski definition) is 1. The first kappa shape index (κ1) is 14.9. The second-order valence-corrected chi connectivity index (χ2v) is 5.14. The summed E-state index contributed by atoms with van der Waals surface area (Å²) in [6.07, 6.45) is 3.30. The molecule has 2 rings (SSSR count). The molecule has 4 heteroatoms. The van der Waals surface area contributed by atoms with Crippen LogP contribution >= 0.6 is 11.6 Å². The van der Waals surface area contributed by atoms with Crippen LogP contribution in [0.3, 0.4) is 0 Å². The third-order valence-electron chi connectivity index (χ3n) is 3.11. The Balaban J connectivity index is 2.19. The summed E-state index contributed by atoms with van der Waals surface area (Å²) in [4.78, 5) is 4.18. The van der Waals surface area contributed by atoms with Crippen LogP contribution in [0.4, 0.5) is 4.39 Å². The summed E-state index contributed by atoms with van der Waals surface area (Å²) in [6, 6.07) is 10.6. The van der Waals surface area contributed by atoms with E-state index in [0.29, 0.717) is 17.1 Å². The molecule has 0 aliphatic heterocycles. The first-order valence-corrected chi connectivity index (χ1v) is 7.16. The number of rotatable bonds is 6. The van der Waals surface area contributed by atoms with E-state index in [1.54, 1.807) is 12.3 Å². The van der Waals surface area contributed by atoms with Crippen LogP contribution in [0.5, 0.6) is 0 Å². The third-order valence-corrected chi connectivity index (χ3v) is 3.36. The van der Waals surface area contributed by atoms with Crippen molar-refractivity contribution in [1.29, 1.82) is 0 Å². The fraction of sp³-hybridized carbons (Fsp3) is 0.312. The van der Waals surface area contributed by atoms with Crippen molar-refractivity contribution in [3.05, 3.63) is 64.7 Å². The van der Waals surface area contributed by atoms with Crippen molar-refractivity contribution in [3.63, 3.8) is 0 Å². The number of aromatic nitrogens is 1. The molecular weight excluding hydrogens is 275 g/mol. The van der Waals surface area contributed by atoms with Gasteiger partial charge in [0.2, 0.25) is 0 Å². The summed E-state index contributed by atoms with van der Waals surface area (Å²) >= 11 is 5.89. The molecule has 1 aromatic heterocycles. The quantitative estimate of drug-likeness (QED) is 0.865. The zero-order valence-electron chi connectivity index (χ0n) is 11.4. The van der Waals surface area contributed by atoms with E-state index in [9.17, 15) is 4.39 Å². The Morgan fingerprint density at radius 3 is 2.65 bits per heavy atom. The van der Waals surface area contributed by atoms with E-state index in [1.807, 2.05) is 24.3 Å². The average Bonchev–Trinajstić information content (AvgIpc) is 2.46. The van der Waals surface area contributed by atoms with Crippen LogP contribution in [0.25, 0.3) is 0 Å². The van der Waals surface area contributed by atoms with E-state index in [-0.39, 0.29) is 11.9 Å². The van der Waals surface area contributed by atoms with Gasteiger partial charge in [-0.3, -0.25) is 4.98 Å². The van der Waals surface area contributed by atoms with Crippen molar-refractivity contribution in [3.8, 4) is 0 Å². The lowest BCUT2D eigenvalue weighted by atomic mass is 10.0. The maximum Gasteiger partial charge on any atom is 0.146 e. The number of hydrogen-bond acceptors (Lipinski definition) is 2. The van der Waals surface area contributed by atoms with Gasteiger partial charge in [0.05, 0.1) is 11.7 Å². The van der Waals surface area contributed by atoms with Crippen molar-refractivity contribution in [2.45, 2.75) is 25.8 Å². The Morgan fingerprint density at radius 2 is 2.00 bits per heavy atom. The van der Waals surface area contributed by atoms with Gasteiger partial charge in [-0.1, -0.05) is 30.7 Å². The van der Waals surface area contributed by atoms with E-state index >= 15 is 0 Å². The van der Waals surface area contributed by atoms with E-state index in [1.165, 1.54) is 6.07 Å². The third kappa shape index (κ3) is 4.02. The van der Waals surface area contributed by atoms with Crippen molar-refractivity contribution >= 4 is 11.6 Å². The molecule has 0 aliphatic rings. The van der Waals surface area contributed by atoms with Crippen LogP contribution in [0.2, 0.25) is 5.02 Å². The fourth-order valence-corrected chi connectivity index (χ4v) is 2.22. The molecule has 106 valence electrons. The molecule has 20 heavy (non-hydrogen) atoms. The van der Waals surface area contributed by atoms with Gasteiger partial charge in [0.1, 0.15) is 5.82 Å². The lowest BCUT2D eigenvalue weighted by Crippen LogP contribution is -2.26. The normalized spacial score (nSPS) is 12.3. The molecular formula is C16H18ClFN2. The highest BCUT2D eigenvalue weighted by atomic mass is 35.5. The molecule has 2 nitrogen and oxygen atoms in total. The summed E-state index contributed by atoms with van der Waals surface area (Å²) < 4.78 is 13.9. The molecule has 0 aliphatic carbocycles. The molecule has 0 bridgehead atoms. The molecule has 0 fully saturated rings. The first-order valence-electron chi connectivity index (χ1n) is 6.79. The molecule has 0 saturated carbocycles. The van der Waals surface area contributed by atoms with Crippen LogP contribution < -0.4 is 5.32 Å². The Morgan fingerprint density at radius 1 is 1.25 bits per heavy atom. The van der Waals surface area contributed by atoms with Gasteiger partial charge < -0.3 is 5.32 Å². The van der Waals surface area contributed by atoms with Crippen LogP contribution in [0, 0.1) is 5.82 Å². The predicted octanol–water partition coefficient (Wildman–Crippen LogP) is 4.16. The zero-order chi connectivity index (χ0) is 14.4. The topological polar surface area (TPSA) is 24.9 Å². The number of halogens is 2. The van der Waals surface area contributed by atoms with Gasteiger partial charge in [-0.2, -0.15) is 0 Å². The van der Waals surface area contributed by atoms with Crippen molar-refractivity contribution in [1.82, 2.24) is 10.3 Å². The minimum atomic E-state index is -0.268. The smallest absolute Gasteiger partial charge is 0.146 e. The summed E-state index contributed by atoms with van der Waals surface area (Å²) in [6.45, 7) is 2.91. The Kier molecular flexibility index (Phi) is 5.50. The highest BCUT2D eigenvalue weighted by Gasteiger charge is 2.16. The van der Waals surface area contributed by atoms with Gasteiger partial charge in [-0.05, 0) is 49.2 Å². The summed E-state index contributed by atoms with van der Waals surface area (Å²) in [7, 11) is 0. The molecule has 1 heterocycles. The van der Waals surface area contributed by atoms with Gasteiger partial charge in [0, 0.05) is 11.2 Å². The molecule has 0 amide bonds. The number of nitrogens with zero attached hydrogens (tertiary/aromatic N) is 1. The molecule has 1 aromatic carbocycles. The maximum absolute atomic E-state index is 13.9. The number of benzene rings is 1. The van der Waals surface area contributed by atoms with Gasteiger partial charge in [-0.25, -0.2) is 4.39 Å². The average molecular weight is 293 g/mol. The summed E-state index contributed by atoms with van der Waals surface area (Å²) in [5, 5.41) is 4.06. The minimum Gasteiger partial charge on any atom is -0.308 e. The second-order valence-electron chi connectivity index (χ2n) is 4.71. The monoisotopic (exact) mass is 292 g/mol. The van der Waals surface area contributed by atoms with Crippen LogP contribution in [-0.2, 0) is 6.42 Å². The van der Waals surface area contributed by atoms with Gasteiger partial charge in [-0.15, -0.1) is 0 Å². The van der Waals surface area contributed by atoms with Gasteiger partial charge in [0.25, 0.3) is 0 Å². The van der Waals surface area contributed by atoms with Crippen molar-refractivity contribution < 1.29 is 4.39 Å². The van der Waals surface area contributed by atoms with Crippen molar-refractivity contribution in [2.24, 2.45) is 0 Å². The molecule has 0 saturated heterocycles. The standard InChI is InChI=1S/C16H18ClFN2/c1-2-9-19-15(16-14(18)4-3-10-20-16)11-12-5-7-13(17)8-6-12/h3-8,10,15,19H,2,9,11H2,1H3. The Hall–Kier alpha value is -1.45. The number of pyridine rings is 1. The number of nitrogens with one attached hydrogen (secondary N) is 1. The van der Waals surface area contributed by atoms with E-state index in [0.717, 1.165) is 18.5 Å². The Labute approximate surface area is 124 Å². The van der Waals surface area contributed by atoms with E-state index < -0.39 is 0 Å². The second kappa shape index (κ2) is 7.36. The molecule has 1 unspecified atom stereocenters. The molecule has 1 atom stereocenters. The first-order chi connectivity index (χ1) is 9.70. The summed E-state index contributed by atoms with van der Waals surface area (Å²) in [5.74, 6) is -0.268. The molecule has 0 spiro atoms. The highest BCUT2D eigenvalue weighted by Crippen LogP contribution is 2.20. The summed E-state index contributed by atoms with van der Waals surface area (Å²) in [5.41, 5.74) is 1.57. The lowest BCUT2D eigenvalue weighted by Gasteiger charge is -2.18. The maximum atomic E-state index is 13.9. The van der Waals surface area contributed by atoms with Gasteiger partial charge >= 0.3 is 0 Å². The minimum absolute atomic E-state index is 0.127. The van der Waals surface area contributed by atoms with Gasteiger partial charge in [0.15, 0.2) is 0 Å². The predicted molar refractivity (Wildman–Crippen MR) is 80.4 cm³/mol. The molecule has 0 radical (unpaired) electrons. The lowest BCUT2D eigenvalue weighted by molar-refractivity contribution is 0.483. The van der Waals surface area contributed by atoms with E-state index in [4.69, 9.17) is 11.6 Å². The molecule has 1 N–H and O–H groups in total. The fourth-order valence-electron chi connectivity index (χ4n) is 2.09. The SMILES string of the molecule is CCCNC(Cc1ccc(Cl)cc1)c1ncccc1F. The molecule has 2 aromatic rings. The van der Waals surface area contributed by atoms with Crippen LogP contribution in [-0.4, -0.2) is 11.5 Å². The van der Waals surface area contributed by atoms with Crippen LogP contribution in [0.15, 0.2) is 42.6 Å². The Bertz CT molecular complexity index is 542. The largest absolute Gasteiger partial charge is 0.308 e.